The number of nitro benzene ring substituents is 1. The fraction of sp³-hybridized carbons (Fsp3) is 0.125. The lowest BCUT2D eigenvalue weighted by molar-refractivity contribution is -0.384. The maximum Gasteiger partial charge on any atom is 0.271 e. The molecule has 7 heteroatoms. The van der Waals surface area contributed by atoms with E-state index in [1.54, 1.807) is 16.7 Å². The van der Waals surface area contributed by atoms with E-state index in [4.69, 9.17) is 0 Å². The van der Waals surface area contributed by atoms with Crippen molar-refractivity contribution in [3.05, 3.63) is 70.0 Å². The Morgan fingerprint density at radius 1 is 1.13 bits per heavy atom. The van der Waals surface area contributed by atoms with Crippen LogP contribution in [0.5, 0.6) is 0 Å². The number of nitrogens with zero attached hydrogens (tertiary/aromatic N) is 4. The van der Waals surface area contributed by atoms with Crippen LogP contribution >= 0.6 is 0 Å². The van der Waals surface area contributed by atoms with Gasteiger partial charge in [-0.1, -0.05) is 12.1 Å². The maximum atomic E-state index is 10.9. The summed E-state index contributed by atoms with van der Waals surface area (Å²) in [6.45, 7) is 4.08. The van der Waals surface area contributed by atoms with Gasteiger partial charge in [-0.3, -0.25) is 14.7 Å². The zero-order valence-electron chi connectivity index (χ0n) is 12.7. The Labute approximate surface area is 132 Å². The predicted octanol–water partition coefficient (Wildman–Crippen LogP) is 3.54. The van der Waals surface area contributed by atoms with Gasteiger partial charge < -0.3 is 5.32 Å². The van der Waals surface area contributed by atoms with Crippen LogP contribution in [0.2, 0.25) is 0 Å². The number of aryl methyl sites for hydroxylation is 2. The summed E-state index contributed by atoms with van der Waals surface area (Å²) in [5.74, 6) is 0.494. The molecule has 0 fully saturated rings. The summed E-state index contributed by atoms with van der Waals surface area (Å²) in [5, 5.41) is 22.0. The molecule has 3 aromatic rings. The normalized spacial score (nSPS) is 10.5. The van der Waals surface area contributed by atoms with Gasteiger partial charge in [0, 0.05) is 17.8 Å². The third-order valence-corrected chi connectivity index (χ3v) is 3.63. The molecular formula is C16H15N5O2. The second-order valence-corrected chi connectivity index (χ2v) is 5.23. The first-order chi connectivity index (χ1) is 11.0. The van der Waals surface area contributed by atoms with Crippen LogP contribution in [0.15, 0.2) is 48.8 Å². The van der Waals surface area contributed by atoms with Crippen LogP contribution in [0.3, 0.4) is 0 Å². The lowest BCUT2D eigenvalue weighted by Crippen LogP contribution is -2.02. The van der Waals surface area contributed by atoms with E-state index >= 15 is 0 Å². The number of rotatable bonds is 4. The van der Waals surface area contributed by atoms with Crippen molar-refractivity contribution < 1.29 is 4.92 Å². The molecule has 0 atom stereocenters. The van der Waals surface area contributed by atoms with E-state index in [9.17, 15) is 10.1 Å². The molecule has 7 nitrogen and oxygen atoms in total. The minimum Gasteiger partial charge on any atom is -0.324 e. The summed E-state index contributed by atoms with van der Waals surface area (Å²) in [5.41, 5.74) is 3.89. The number of anilines is 2. The molecule has 0 aliphatic carbocycles. The van der Waals surface area contributed by atoms with Gasteiger partial charge in [-0.25, -0.2) is 0 Å². The molecule has 0 radical (unpaired) electrons. The monoisotopic (exact) mass is 309 g/mol. The topological polar surface area (TPSA) is 85.9 Å². The molecule has 116 valence electrons. The molecule has 2 aromatic carbocycles. The van der Waals surface area contributed by atoms with Crippen molar-refractivity contribution in [2.75, 3.05) is 5.32 Å². The van der Waals surface area contributed by atoms with Crippen LogP contribution in [0.25, 0.3) is 5.69 Å². The Balaban J connectivity index is 1.94. The zero-order valence-corrected chi connectivity index (χ0v) is 12.7. The third-order valence-electron chi connectivity index (χ3n) is 3.63. The molecule has 0 aliphatic heterocycles. The smallest absolute Gasteiger partial charge is 0.271 e. The minimum atomic E-state index is -0.426. The summed E-state index contributed by atoms with van der Waals surface area (Å²) in [6, 6.07) is 12.3. The van der Waals surface area contributed by atoms with Crippen molar-refractivity contribution in [3.8, 4) is 5.69 Å². The van der Waals surface area contributed by atoms with Crippen LogP contribution < -0.4 is 5.32 Å². The molecule has 0 bridgehead atoms. The molecule has 0 amide bonds. The van der Waals surface area contributed by atoms with Crippen molar-refractivity contribution in [2.24, 2.45) is 0 Å². The maximum absolute atomic E-state index is 10.9. The number of aromatic nitrogens is 3. The van der Waals surface area contributed by atoms with E-state index in [1.807, 2.05) is 32.0 Å². The molecule has 3 rings (SSSR count). The SMILES string of the molecule is Cc1ccc(Nc2nncn2-c2cccc([N+](=O)[O-])c2)cc1C. The highest BCUT2D eigenvalue weighted by atomic mass is 16.6. The van der Waals surface area contributed by atoms with Gasteiger partial charge in [0.1, 0.15) is 6.33 Å². The first-order valence-electron chi connectivity index (χ1n) is 7.04. The molecular weight excluding hydrogens is 294 g/mol. The van der Waals surface area contributed by atoms with Crippen LogP contribution in [-0.4, -0.2) is 19.7 Å². The second-order valence-electron chi connectivity index (χ2n) is 5.23. The third kappa shape index (κ3) is 3.03. The number of hydrogen-bond acceptors (Lipinski definition) is 5. The van der Waals surface area contributed by atoms with Gasteiger partial charge in [0.25, 0.3) is 5.69 Å². The van der Waals surface area contributed by atoms with Crippen molar-refractivity contribution in [3.63, 3.8) is 0 Å². The lowest BCUT2D eigenvalue weighted by Gasteiger charge is -2.10. The van der Waals surface area contributed by atoms with Crippen LogP contribution in [0.4, 0.5) is 17.3 Å². The highest BCUT2D eigenvalue weighted by molar-refractivity contribution is 5.58. The standard InChI is InChI=1S/C16H15N5O2/c1-11-6-7-13(8-12(11)2)18-16-19-17-10-20(16)14-4-3-5-15(9-14)21(22)23/h3-10H,1-2H3,(H,18,19). The molecule has 0 spiro atoms. The van der Waals surface area contributed by atoms with Crippen LogP contribution in [0, 0.1) is 24.0 Å². The summed E-state index contributed by atoms with van der Waals surface area (Å²) in [6.07, 6.45) is 1.52. The number of nitrogens with one attached hydrogen (secondary N) is 1. The predicted molar refractivity (Wildman–Crippen MR) is 87.2 cm³/mol. The van der Waals surface area contributed by atoms with E-state index in [1.165, 1.54) is 24.0 Å². The Bertz CT molecular complexity index is 872. The molecule has 0 saturated heterocycles. The van der Waals surface area contributed by atoms with E-state index in [0.29, 0.717) is 11.6 Å². The molecule has 0 aliphatic rings. The second kappa shape index (κ2) is 5.88. The van der Waals surface area contributed by atoms with Gasteiger partial charge in [-0.15, -0.1) is 10.2 Å². The highest BCUT2D eigenvalue weighted by Crippen LogP contribution is 2.22. The van der Waals surface area contributed by atoms with E-state index < -0.39 is 4.92 Å². The first-order valence-corrected chi connectivity index (χ1v) is 7.04. The molecule has 23 heavy (non-hydrogen) atoms. The van der Waals surface area contributed by atoms with Gasteiger partial charge in [-0.05, 0) is 43.2 Å². The van der Waals surface area contributed by atoms with Crippen LogP contribution in [0.1, 0.15) is 11.1 Å². The van der Waals surface area contributed by atoms with Gasteiger partial charge in [0.15, 0.2) is 0 Å². The van der Waals surface area contributed by atoms with Crippen LogP contribution in [-0.2, 0) is 0 Å². The first kappa shape index (κ1) is 14.7. The minimum absolute atomic E-state index is 0.0216. The quantitative estimate of drug-likeness (QED) is 0.588. The van der Waals surface area contributed by atoms with Crippen molar-refractivity contribution in [2.45, 2.75) is 13.8 Å². The summed E-state index contributed by atoms with van der Waals surface area (Å²) in [4.78, 5) is 10.5. The number of non-ortho nitro benzene ring substituents is 1. The van der Waals surface area contributed by atoms with Crippen molar-refractivity contribution in [1.29, 1.82) is 0 Å². The van der Waals surface area contributed by atoms with Crippen molar-refractivity contribution >= 4 is 17.3 Å². The Hall–Kier alpha value is -3.22. The Morgan fingerprint density at radius 2 is 1.96 bits per heavy atom. The van der Waals surface area contributed by atoms with Crippen molar-refractivity contribution in [1.82, 2.24) is 14.8 Å². The lowest BCUT2D eigenvalue weighted by atomic mass is 10.1. The van der Waals surface area contributed by atoms with E-state index in [0.717, 1.165) is 11.3 Å². The fourth-order valence-corrected chi connectivity index (χ4v) is 2.21. The van der Waals surface area contributed by atoms with Gasteiger partial charge >= 0.3 is 0 Å². The molecule has 1 heterocycles. The highest BCUT2D eigenvalue weighted by Gasteiger charge is 2.11. The zero-order chi connectivity index (χ0) is 16.4. The largest absolute Gasteiger partial charge is 0.324 e. The number of benzene rings is 2. The molecule has 0 saturated carbocycles. The van der Waals surface area contributed by atoms with Gasteiger partial charge in [0.2, 0.25) is 5.95 Å². The van der Waals surface area contributed by atoms with Gasteiger partial charge in [-0.2, -0.15) is 0 Å². The average molecular weight is 309 g/mol. The molecule has 1 N–H and O–H groups in total. The fourth-order valence-electron chi connectivity index (χ4n) is 2.21. The number of hydrogen-bond donors (Lipinski definition) is 1. The van der Waals surface area contributed by atoms with E-state index in [-0.39, 0.29) is 5.69 Å². The summed E-state index contributed by atoms with van der Waals surface area (Å²) >= 11 is 0. The molecule has 1 aromatic heterocycles. The summed E-state index contributed by atoms with van der Waals surface area (Å²) in [7, 11) is 0. The average Bonchev–Trinajstić information content (AvgIpc) is 2.99. The Morgan fingerprint density at radius 3 is 2.70 bits per heavy atom. The summed E-state index contributed by atoms with van der Waals surface area (Å²) < 4.78 is 1.67. The number of nitro groups is 1. The Kier molecular flexibility index (Phi) is 3.76. The molecule has 0 unspecified atom stereocenters. The van der Waals surface area contributed by atoms with E-state index in [2.05, 4.69) is 15.5 Å². The van der Waals surface area contributed by atoms with Gasteiger partial charge in [0.05, 0.1) is 10.6 Å².